The van der Waals surface area contributed by atoms with Gasteiger partial charge in [-0.3, -0.25) is 4.79 Å². The summed E-state index contributed by atoms with van der Waals surface area (Å²) in [5.41, 5.74) is 0.851. The minimum atomic E-state index is -3.44. The summed E-state index contributed by atoms with van der Waals surface area (Å²) in [5, 5.41) is 2.89. The molecule has 1 fully saturated rings. The highest BCUT2D eigenvalue weighted by atomic mass is 32.2. The van der Waals surface area contributed by atoms with E-state index in [2.05, 4.69) is 5.32 Å². The fraction of sp³-hybridized carbons (Fsp3) is 0.632. The second kappa shape index (κ2) is 9.41. The number of carbonyl (C=O) groups excluding carboxylic acids is 1. The summed E-state index contributed by atoms with van der Waals surface area (Å²) >= 11 is 0. The summed E-state index contributed by atoms with van der Waals surface area (Å²) in [4.78, 5) is 12.5. The van der Waals surface area contributed by atoms with Crippen molar-refractivity contribution in [3.8, 4) is 11.5 Å². The maximum Gasteiger partial charge on any atom is 0.235 e. The van der Waals surface area contributed by atoms with Crippen molar-refractivity contribution in [1.29, 1.82) is 0 Å². The van der Waals surface area contributed by atoms with E-state index in [4.69, 9.17) is 9.47 Å². The second-order valence-electron chi connectivity index (χ2n) is 7.00. The van der Waals surface area contributed by atoms with Crippen LogP contribution in [0.1, 0.15) is 50.6 Å². The van der Waals surface area contributed by atoms with Crippen LogP contribution < -0.4 is 14.8 Å². The molecule has 8 heteroatoms. The van der Waals surface area contributed by atoms with Gasteiger partial charge in [-0.1, -0.05) is 25.3 Å². The third kappa shape index (κ3) is 5.84. The van der Waals surface area contributed by atoms with Crippen LogP contribution in [0.25, 0.3) is 0 Å². The van der Waals surface area contributed by atoms with Crippen LogP contribution in [-0.2, 0) is 14.8 Å². The van der Waals surface area contributed by atoms with Crippen molar-refractivity contribution in [2.24, 2.45) is 0 Å². The first-order valence-electron chi connectivity index (χ1n) is 9.24. The first-order valence-corrected chi connectivity index (χ1v) is 11.1. The Labute approximate surface area is 162 Å². The Kier molecular flexibility index (Phi) is 7.49. The van der Waals surface area contributed by atoms with E-state index < -0.39 is 10.0 Å². The van der Waals surface area contributed by atoms with Crippen LogP contribution in [0.2, 0.25) is 0 Å². The van der Waals surface area contributed by atoms with Gasteiger partial charge in [0, 0.05) is 6.04 Å². The highest BCUT2D eigenvalue weighted by Crippen LogP contribution is 2.30. The molecule has 2 rings (SSSR count). The predicted molar refractivity (Wildman–Crippen MR) is 105 cm³/mol. The molecule has 27 heavy (non-hydrogen) atoms. The van der Waals surface area contributed by atoms with Crippen molar-refractivity contribution in [1.82, 2.24) is 9.62 Å². The number of rotatable bonds is 8. The molecule has 0 unspecified atom stereocenters. The van der Waals surface area contributed by atoms with E-state index in [9.17, 15) is 13.2 Å². The average molecular weight is 399 g/mol. The van der Waals surface area contributed by atoms with E-state index in [-0.39, 0.29) is 24.5 Å². The Bertz CT molecular complexity index is 744. The molecule has 152 valence electrons. The highest BCUT2D eigenvalue weighted by Gasteiger charge is 2.30. The predicted octanol–water partition coefficient (Wildman–Crippen LogP) is 2.48. The van der Waals surface area contributed by atoms with Crippen LogP contribution in [0.3, 0.4) is 0 Å². The SMILES string of the molecule is COc1ccc([C@H](C)NC(=O)CN(C2CCCCC2)S(C)(=O)=O)cc1OC. The Balaban J connectivity index is 2.06. The summed E-state index contributed by atoms with van der Waals surface area (Å²) in [6.45, 7) is 1.70. The quantitative estimate of drug-likeness (QED) is 0.727. The smallest absolute Gasteiger partial charge is 0.235 e. The summed E-state index contributed by atoms with van der Waals surface area (Å²) in [6.07, 6.45) is 5.92. The number of benzene rings is 1. The lowest BCUT2D eigenvalue weighted by molar-refractivity contribution is -0.122. The molecule has 1 atom stereocenters. The van der Waals surface area contributed by atoms with Crippen molar-refractivity contribution < 1.29 is 22.7 Å². The maximum atomic E-state index is 12.5. The number of methoxy groups -OCH3 is 2. The summed E-state index contributed by atoms with van der Waals surface area (Å²) < 4.78 is 36.3. The molecule has 1 aromatic carbocycles. The molecule has 1 aliphatic rings. The minimum absolute atomic E-state index is 0.0871. The van der Waals surface area contributed by atoms with E-state index in [1.807, 2.05) is 13.0 Å². The third-order valence-corrected chi connectivity index (χ3v) is 6.27. The first-order chi connectivity index (χ1) is 12.8. The molecule has 0 saturated heterocycles. The van der Waals surface area contributed by atoms with Crippen molar-refractivity contribution in [2.45, 2.75) is 51.1 Å². The van der Waals surface area contributed by atoms with Crippen molar-refractivity contribution in [2.75, 3.05) is 27.0 Å². The molecule has 1 aromatic rings. The fourth-order valence-electron chi connectivity index (χ4n) is 3.52. The van der Waals surface area contributed by atoms with Crippen molar-refractivity contribution in [3.05, 3.63) is 23.8 Å². The van der Waals surface area contributed by atoms with Gasteiger partial charge in [0.05, 0.1) is 33.1 Å². The lowest BCUT2D eigenvalue weighted by atomic mass is 9.95. The minimum Gasteiger partial charge on any atom is -0.493 e. The zero-order valence-corrected chi connectivity index (χ0v) is 17.3. The summed E-state index contributed by atoms with van der Waals surface area (Å²) in [6, 6.07) is 5.06. The summed E-state index contributed by atoms with van der Waals surface area (Å²) in [5.74, 6) is 0.879. The standard InChI is InChI=1S/C19H30N2O5S/c1-14(15-10-11-17(25-2)18(12-15)26-3)20-19(22)13-21(27(4,23)24)16-8-6-5-7-9-16/h10-12,14,16H,5-9,13H2,1-4H3,(H,20,22)/t14-/m0/s1. The molecule has 1 saturated carbocycles. The van der Waals surface area contributed by atoms with E-state index in [0.29, 0.717) is 11.5 Å². The third-order valence-electron chi connectivity index (χ3n) is 4.99. The largest absolute Gasteiger partial charge is 0.493 e. The number of hydrogen-bond acceptors (Lipinski definition) is 5. The molecule has 0 spiro atoms. The fourth-order valence-corrected chi connectivity index (χ4v) is 4.62. The number of ether oxygens (including phenoxy) is 2. The molecule has 0 heterocycles. The lowest BCUT2D eigenvalue weighted by Crippen LogP contribution is -2.46. The zero-order valence-electron chi connectivity index (χ0n) is 16.5. The molecule has 1 aliphatic carbocycles. The monoisotopic (exact) mass is 398 g/mol. The van der Waals surface area contributed by atoms with Gasteiger partial charge in [0.2, 0.25) is 15.9 Å². The van der Waals surface area contributed by atoms with Gasteiger partial charge in [-0.2, -0.15) is 4.31 Å². The average Bonchev–Trinajstić information content (AvgIpc) is 2.65. The van der Waals surface area contributed by atoms with Crippen LogP contribution in [0.5, 0.6) is 11.5 Å². The van der Waals surface area contributed by atoms with E-state index in [0.717, 1.165) is 37.7 Å². The van der Waals surface area contributed by atoms with Crippen LogP contribution >= 0.6 is 0 Å². The Morgan fingerprint density at radius 3 is 2.37 bits per heavy atom. The molecular weight excluding hydrogens is 368 g/mol. The molecule has 0 aromatic heterocycles. The van der Waals surface area contributed by atoms with Crippen LogP contribution in [0.15, 0.2) is 18.2 Å². The number of sulfonamides is 1. The number of amides is 1. The molecule has 1 N–H and O–H groups in total. The summed E-state index contributed by atoms with van der Waals surface area (Å²) in [7, 11) is -0.326. The van der Waals surface area contributed by atoms with Gasteiger partial charge in [-0.15, -0.1) is 0 Å². The topological polar surface area (TPSA) is 84.9 Å². The van der Waals surface area contributed by atoms with Crippen LogP contribution in [0, 0.1) is 0 Å². The van der Waals surface area contributed by atoms with Crippen molar-refractivity contribution in [3.63, 3.8) is 0 Å². The van der Waals surface area contributed by atoms with Gasteiger partial charge >= 0.3 is 0 Å². The van der Waals surface area contributed by atoms with Gasteiger partial charge in [0.25, 0.3) is 0 Å². The van der Waals surface area contributed by atoms with E-state index in [1.165, 1.54) is 10.6 Å². The van der Waals surface area contributed by atoms with Gasteiger partial charge in [-0.25, -0.2) is 8.42 Å². The van der Waals surface area contributed by atoms with Gasteiger partial charge < -0.3 is 14.8 Å². The number of nitrogens with one attached hydrogen (secondary N) is 1. The molecule has 1 amide bonds. The normalized spacial score (nSPS) is 16.8. The Hall–Kier alpha value is -1.80. The highest BCUT2D eigenvalue weighted by molar-refractivity contribution is 7.88. The molecule has 0 bridgehead atoms. The van der Waals surface area contributed by atoms with E-state index in [1.54, 1.807) is 26.4 Å². The number of carbonyl (C=O) groups is 1. The Morgan fingerprint density at radius 2 is 1.81 bits per heavy atom. The second-order valence-corrected chi connectivity index (χ2v) is 8.94. The van der Waals surface area contributed by atoms with Crippen LogP contribution in [0.4, 0.5) is 0 Å². The molecule has 0 aliphatic heterocycles. The van der Waals surface area contributed by atoms with Gasteiger partial charge in [0.15, 0.2) is 11.5 Å². The lowest BCUT2D eigenvalue weighted by Gasteiger charge is -2.32. The van der Waals surface area contributed by atoms with E-state index >= 15 is 0 Å². The van der Waals surface area contributed by atoms with Crippen LogP contribution in [-0.4, -0.2) is 51.7 Å². The van der Waals surface area contributed by atoms with Gasteiger partial charge in [0.1, 0.15) is 0 Å². The maximum absolute atomic E-state index is 12.5. The number of nitrogens with zero attached hydrogens (tertiary/aromatic N) is 1. The molecular formula is C19H30N2O5S. The molecule has 0 radical (unpaired) electrons. The van der Waals surface area contributed by atoms with Crippen molar-refractivity contribution >= 4 is 15.9 Å². The zero-order chi connectivity index (χ0) is 20.0. The first kappa shape index (κ1) is 21.5. The number of hydrogen-bond donors (Lipinski definition) is 1. The molecule has 7 nitrogen and oxygen atoms in total. The van der Waals surface area contributed by atoms with Gasteiger partial charge in [-0.05, 0) is 37.5 Å². The Morgan fingerprint density at radius 1 is 1.19 bits per heavy atom.